The molecule has 4 heteroatoms. The monoisotopic (exact) mass is 396 g/mol. The van der Waals surface area contributed by atoms with E-state index in [4.69, 9.17) is 23.2 Å². The van der Waals surface area contributed by atoms with Crippen LogP contribution in [-0.4, -0.2) is 11.6 Å². The Bertz CT molecular complexity index is 953. The molecule has 0 saturated carbocycles. The van der Waals surface area contributed by atoms with E-state index >= 15 is 0 Å². The van der Waals surface area contributed by atoms with E-state index in [9.17, 15) is 9.59 Å². The fourth-order valence-electron chi connectivity index (χ4n) is 3.30. The third kappa shape index (κ3) is 4.29. The van der Waals surface area contributed by atoms with Crippen LogP contribution < -0.4 is 0 Å². The van der Waals surface area contributed by atoms with Gasteiger partial charge in [-0.05, 0) is 30.2 Å². The van der Waals surface area contributed by atoms with Crippen LogP contribution in [-0.2, 0) is 4.79 Å². The molecule has 0 spiro atoms. The van der Waals surface area contributed by atoms with Gasteiger partial charge in [-0.1, -0.05) is 89.9 Å². The Labute approximate surface area is 168 Å². The second-order valence-corrected chi connectivity index (χ2v) is 7.19. The lowest BCUT2D eigenvalue weighted by Crippen LogP contribution is -2.29. The van der Waals surface area contributed by atoms with Crippen molar-refractivity contribution in [1.29, 1.82) is 0 Å². The molecule has 0 aliphatic carbocycles. The first-order chi connectivity index (χ1) is 13.0. The van der Waals surface area contributed by atoms with Crippen molar-refractivity contribution in [3.63, 3.8) is 0 Å². The van der Waals surface area contributed by atoms with Gasteiger partial charge in [-0.2, -0.15) is 0 Å². The Morgan fingerprint density at radius 2 is 1.33 bits per heavy atom. The Kier molecular flexibility index (Phi) is 6.10. The van der Waals surface area contributed by atoms with Gasteiger partial charge in [-0.15, -0.1) is 0 Å². The van der Waals surface area contributed by atoms with Crippen molar-refractivity contribution in [3.05, 3.63) is 106 Å². The second kappa shape index (κ2) is 8.51. The summed E-state index contributed by atoms with van der Waals surface area (Å²) in [6.45, 7) is 1.46. The van der Waals surface area contributed by atoms with Crippen molar-refractivity contribution in [2.45, 2.75) is 12.8 Å². The molecule has 0 fully saturated rings. The van der Waals surface area contributed by atoms with Crippen LogP contribution in [0.2, 0.25) is 10.0 Å². The first-order valence-electron chi connectivity index (χ1n) is 8.58. The van der Waals surface area contributed by atoms with Crippen LogP contribution in [0, 0.1) is 5.92 Å². The zero-order chi connectivity index (χ0) is 19.4. The minimum atomic E-state index is -0.855. The molecule has 0 bridgehead atoms. The highest BCUT2D eigenvalue weighted by Crippen LogP contribution is 2.37. The molecule has 3 aromatic rings. The van der Waals surface area contributed by atoms with Gasteiger partial charge in [-0.25, -0.2) is 0 Å². The van der Waals surface area contributed by atoms with Crippen molar-refractivity contribution in [2.75, 3.05) is 0 Å². The van der Waals surface area contributed by atoms with Gasteiger partial charge in [0.25, 0.3) is 0 Å². The number of halogens is 2. The van der Waals surface area contributed by atoms with Gasteiger partial charge < -0.3 is 0 Å². The summed E-state index contributed by atoms with van der Waals surface area (Å²) in [6.07, 6.45) is 0. The molecule has 0 aliphatic heterocycles. The summed E-state index contributed by atoms with van der Waals surface area (Å²) in [5.74, 6) is -1.70. The Morgan fingerprint density at radius 1 is 0.741 bits per heavy atom. The molecule has 2 atom stereocenters. The summed E-state index contributed by atoms with van der Waals surface area (Å²) < 4.78 is 0. The quantitative estimate of drug-likeness (QED) is 0.366. The number of Topliss-reactive ketones (excluding diaryl/α,β-unsaturated/α-hetero) is 2. The van der Waals surface area contributed by atoms with Gasteiger partial charge in [0, 0.05) is 11.5 Å². The smallest absolute Gasteiger partial charge is 0.174 e. The van der Waals surface area contributed by atoms with Gasteiger partial charge in [0.05, 0.1) is 16.0 Å². The summed E-state index contributed by atoms with van der Waals surface area (Å²) in [7, 11) is 0. The van der Waals surface area contributed by atoms with Crippen molar-refractivity contribution in [3.8, 4) is 0 Å². The minimum absolute atomic E-state index is 0.191. The van der Waals surface area contributed by atoms with E-state index in [-0.39, 0.29) is 11.6 Å². The van der Waals surface area contributed by atoms with Gasteiger partial charge in [0.2, 0.25) is 0 Å². The van der Waals surface area contributed by atoms with Crippen LogP contribution in [0.5, 0.6) is 0 Å². The topological polar surface area (TPSA) is 34.1 Å². The molecule has 0 aromatic heterocycles. The number of benzene rings is 3. The lowest BCUT2D eigenvalue weighted by molar-refractivity contribution is -0.119. The average Bonchev–Trinajstić information content (AvgIpc) is 2.69. The second-order valence-electron chi connectivity index (χ2n) is 6.38. The minimum Gasteiger partial charge on any atom is -0.299 e. The summed E-state index contributed by atoms with van der Waals surface area (Å²) >= 11 is 12.3. The molecule has 2 unspecified atom stereocenters. The summed E-state index contributed by atoms with van der Waals surface area (Å²) in [5, 5.41) is 0.825. The molecule has 0 N–H and O–H groups in total. The fraction of sp³-hybridized carbons (Fsp3) is 0.130. The Balaban J connectivity index is 2.16. The van der Waals surface area contributed by atoms with Crippen molar-refractivity contribution < 1.29 is 9.59 Å². The molecule has 136 valence electrons. The summed E-state index contributed by atoms with van der Waals surface area (Å²) in [4.78, 5) is 25.9. The molecule has 0 amide bonds. The Morgan fingerprint density at radius 3 is 1.89 bits per heavy atom. The largest absolute Gasteiger partial charge is 0.299 e. The van der Waals surface area contributed by atoms with Crippen molar-refractivity contribution >= 4 is 34.8 Å². The number of hydrogen-bond acceptors (Lipinski definition) is 2. The van der Waals surface area contributed by atoms with Crippen molar-refractivity contribution in [2.24, 2.45) is 5.92 Å². The number of carbonyl (C=O) groups is 2. The zero-order valence-electron chi connectivity index (χ0n) is 14.7. The molecule has 27 heavy (non-hydrogen) atoms. The molecule has 3 rings (SSSR count). The first-order valence-corrected chi connectivity index (χ1v) is 9.34. The number of rotatable bonds is 6. The van der Waals surface area contributed by atoms with Gasteiger partial charge in [0.1, 0.15) is 5.78 Å². The van der Waals surface area contributed by atoms with Gasteiger partial charge in [-0.3, -0.25) is 9.59 Å². The maximum Gasteiger partial charge on any atom is 0.174 e. The summed E-state index contributed by atoms with van der Waals surface area (Å²) in [5.41, 5.74) is 2.17. The third-order valence-electron chi connectivity index (χ3n) is 4.57. The number of carbonyl (C=O) groups excluding carboxylic acids is 2. The van der Waals surface area contributed by atoms with Gasteiger partial charge in [0.15, 0.2) is 5.78 Å². The average molecular weight is 397 g/mol. The molecule has 0 radical (unpaired) electrons. The predicted octanol–water partition coefficient (Wildman–Crippen LogP) is 6.21. The van der Waals surface area contributed by atoms with E-state index in [0.717, 1.165) is 11.1 Å². The molecule has 0 heterocycles. The van der Waals surface area contributed by atoms with E-state index in [1.807, 2.05) is 42.5 Å². The van der Waals surface area contributed by atoms with Gasteiger partial charge >= 0.3 is 0 Å². The highest BCUT2D eigenvalue weighted by atomic mass is 35.5. The fourth-order valence-corrected chi connectivity index (χ4v) is 3.60. The summed E-state index contributed by atoms with van der Waals surface area (Å²) in [6, 6.07) is 23.7. The number of ketones is 2. The van der Waals surface area contributed by atoms with Crippen LogP contribution in [0.4, 0.5) is 0 Å². The zero-order valence-corrected chi connectivity index (χ0v) is 16.2. The van der Waals surface area contributed by atoms with Crippen molar-refractivity contribution in [1.82, 2.24) is 0 Å². The standard InChI is InChI=1S/C23H18Cl2O2/c1-15(26)21(23(27)17-10-6-3-7-11-17)22(16-8-4-2-5-9-16)18-12-13-19(24)20(25)14-18/h2-14,21-22H,1H3. The Hall–Kier alpha value is -2.42. The highest BCUT2D eigenvalue weighted by Gasteiger charge is 2.35. The predicted molar refractivity (Wildman–Crippen MR) is 110 cm³/mol. The lowest BCUT2D eigenvalue weighted by atomic mass is 9.75. The van der Waals surface area contributed by atoms with Crippen LogP contribution in [0.1, 0.15) is 34.3 Å². The van der Waals surface area contributed by atoms with Crippen LogP contribution in [0.15, 0.2) is 78.9 Å². The van der Waals surface area contributed by atoms with Crippen LogP contribution in [0.3, 0.4) is 0 Å². The van der Waals surface area contributed by atoms with Crippen LogP contribution in [0.25, 0.3) is 0 Å². The first kappa shape index (κ1) is 19.3. The van der Waals surface area contributed by atoms with E-state index in [1.165, 1.54) is 6.92 Å². The van der Waals surface area contributed by atoms with Crippen LogP contribution >= 0.6 is 23.2 Å². The SMILES string of the molecule is CC(=O)C(C(=O)c1ccccc1)C(c1ccccc1)c1ccc(Cl)c(Cl)c1. The van der Waals surface area contributed by atoms with E-state index in [1.54, 1.807) is 36.4 Å². The normalized spacial score (nSPS) is 13.0. The van der Waals surface area contributed by atoms with E-state index < -0.39 is 11.8 Å². The molecule has 3 aromatic carbocycles. The highest BCUT2D eigenvalue weighted by molar-refractivity contribution is 6.42. The molecule has 0 aliphatic rings. The number of hydrogen-bond donors (Lipinski definition) is 0. The molecular formula is C23H18Cl2O2. The maximum atomic E-state index is 13.2. The lowest BCUT2D eigenvalue weighted by Gasteiger charge is -2.26. The third-order valence-corrected chi connectivity index (χ3v) is 5.31. The van der Waals surface area contributed by atoms with E-state index in [0.29, 0.717) is 15.6 Å². The molecule has 0 saturated heterocycles. The molecule has 2 nitrogen and oxygen atoms in total. The van der Waals surface area contributed by atoms with E-state index in [2.05, 4.69) is 0 Å². The molecular weight excluding hydrogens is 379 g/mol. The maximum absolute atomic E-state index is 13.2.